The molecule has 0 radical (unpaired) electrons. The van der Waals surface area contributed by atoms with Crippen LogP contribution >= 0.6 is 22.9 Å². The van der Waals surface area contributed by atoms with Gasteiger partial charge in [0.05, 0.1) is 9.21 Å². The number of thiophene rings is 1. The van der Waals surface area contributed by atoms with Gasteiger partial charge in [-0.15, -0.1) is 11.3 Å². The number of rotatable bonds is 5. The number of carbonyl (C=O) groups is 1. The number of hydrogen-bond acceptors (Lipinski definition) is 2. The van der Waals surface area contributed by atoms with Crippen LogP contribution in [0.1, 0.15) is 16.0 Å². The molecule has 0 atom stereocenters. The summed E-state index contributed by atoms with van der Waals surface area (Å²) in [4.78, 5) is 16.6. The molecular weight excluding hydrogens is 354 g/mol. The van der Waals surface area contributed by atoms with Crippen molar-refractivity contribution in [1.29, 1.82) is 0 Å². The monoisotopic (exact) mass is 379 g/mol. The smallest absolute Gasteiger partial charge is 0.279 e. The molecular formula is C19H26ClN3OS+2. The largest absolute Gasteiger partial charge is 0.321 e. The van der Waals surface area contributed by atoms with Crippen molar-refractivity contribution in [3.63, 3.8) is 0 Å². The van der Waals surface area contributed by atoms with Crippen LogP contribution in [-0.2, 0) is 11.3 Å². The first-order chi connectivity index (χ1) is 12.0. The standard InChI is InChI=1S/C19H24ClN3OS/c1-14-3-5-17(15(2)11-14)21-19(24)13-23-9-7-22(8-10-23)12-16-4-6-18(20)25-16/h3-6,11H,7-10,12-13H2,1-2H3,(H,21,24)/p+2. The Balaban J connectivity index is 1.44. The molecule has 2 heterocycles. The van der Waals surface area contributed by atoms with E-state index in [4.69, 9.17) is 11.6 Å². The van der Waals surface area contributed by atoms with Crippen molar-refractivity contribution in [3.8, 4) is 0 Å². The van der Waals surface area contributed by atoms with Crippen LogP contribution in [0.4, 0.5) is 5.69 Å². The number of carbonyl (C=O) groups excluding carboxylic acids is 1. The fourth-order valence-electron chi connectivity index (χ4n) is 3.38. The summed E-state index contributed by atoms with van der Waals surface area (Å²) in [6.45, 7) is 9.96. The van der Waals surface area contributed by atoms with Crippen molar-refractivity contribution in [2.45, 2.75) is 20.4 Å². The maximum atomic E-state index is 12.3. The Morgan fingerprint density at radius 2 is 1.84 bits per heavy atom. The van der Waals surface area contributed by atoms with Gasteiger partial charge in [-0.3, -0.25) is 4.79 Å². The molecule has 134 valence electrons. The molecule has 3 N–H and O–H groups in total. The molecule has 1 amide bonds. The number of quaternary nitrogens is 2. The van der Waals surface area contributed by atoms with Gasteiger partial charge in [0.2, 0.25) is 0 Å². The summed E-state index contributed by atoms with van der Waals surface area (Å²) < 4.78 is 0.863. The number of piperazine rings is 1. The lowest BCUT2D eigenvalue weighted by Gasteiger charge is -2.29. The van der Waals surface area contributed by atoms with Crippen LogP contribution in [0.25, 0.3) is 0 Å². The van der Waals surface area contributed by atoms with E-state index in [0.717, 1.165) is 48.3 Å². The molecule has 1 fully saturated rings. The molecule has 2 aromatic rings. The predicted octanol–water partition coefficient (Wildman–Crippen LogP) is 0.940. The summed E-state index contributed by atoms with van der Waals surface area (Å²) in [5.74, 6) is 0.107. The van der Waals surface area contributed by atoms with Crippen molar-refractivity contribution in [2.24, 2.45) is 0 Å². The normalized spacial score (nSPS) is 20.4. The van der Waals surface area contributed by atoms with Crippen molar-refractivity contribution < 1.29 is 14.6 Å². The van der Waals surface area contributed by atoms with Crippen molar-refractivity contribution >= 4 is 34.5 Å². The highest BCUT2D eigenvalue weighted by Gasteiger charge is 2.25. The number of amides is 1. The van der Waals surface area contributed by atoms with Gasteiger partial charge in [0.15, 0.2) is 6.54 Å². The molecule has 1 aliphatic heterocycles. The molecule has 3 rings (SSSR count). The second kappa shape index (κ2) is 8.32. The Labute approximate surface area is 158 Å². The molecule has 1 aliphatic rings. The quantitative estimate of drug-likeness (QED) is 0.710. The second-order valence-electron chi connectivity index (χ2n) is 6.93. The average molecular weight is 380 g/mol. The van der Waals surface area contributed by atoms with Crippen LogP contribution < -0.4 is 15.1 Å². The van der Waals surface area contributed by atoms with E-state index in [2.05, 4.69) is 24.4 Å². The Hall–Kier alpha value is -1.40. The molecule has 6 heteroatoms. The third-order valence-corrected chi connectivity index (χ3v) is 6.01. The lowest BCUT2D eigenvalue weighted by Crippen LogP contribution is -3.28. The highest BCUT2D eigenvalue weighted by atomic mass is 35.5. The highest BCUT2D eigenvalue weighted by molar-refractivity contribution is 7.16. The third-order valence-electron chi connectivity index (χ3n) is 4.78. The maximum Gasteiger partial charge on any atom is 0.279 e. The predicted molar refractivity (Wildman–Crippen MR) is 104 cm³/mol. The third kappa shape index (κ3) is 5.28. The van der Waals surface area contributed by atoms with E-state index in [0.29, 0.717) is 6.54 Å². The van der Waals surface area contributed by atoms with Crippen molar-refractivity contribution in [2.75, 3.05) is 38.0 Å². The summed E-state index contributed by atoms with van der Waals surface area (Å²) in [7, 11) is 0. The van der Waals surface area contributed by atoms with Crippen LogP contribution in [0, 0.1) is 13.8 Å². The van der Waals surface area contributed by atoms with Crippen LogP contribution in [0.3, 0.4) is 0 Å². The fraction of sp³-hybridized carbons (Fsp3) is 0.421. The van der Waals surface area contributed by atoms with E-state index >= 15 is 0 Å². The molecule has 1 saturated heterocycles. The van der Waals surface area contributed by atoms with Gasteiger partial charge in [0.1, 0.15) is 32.7 Å². The van der Waals surface area contributed by atoms with Gasteiger partial charge in [-0.2, -0.15) is 0 Å². The highest BCUT2D eigenvalue weighted by Crippen LogP contribution is 2.20. The van der Waals surface area contributed by atoms with Gasteiger partial charge in [-0.25, -0.2) is 0 Å². The minimum absolute atomic E-state index is 0.107. The van der Waals surface area contributed by atoms with Gasteiger partial charge in [0.25, 0.3) is 5.91 Å². The molecule has 0 spiro atoms. The van der Waals surface area contributed by atoms with Gasteiger partial charge >= 0.3 is 0 Å². The lowest BCUT2D eigenvalue weighted by atomic mass is 10.1. The number of halogens is 1. The van der Waals surface area contributed by atoms with Crippen LogP contribution in [0.5, 0.6) is 0 Å². The molecule has 1 aromatic heterocycles. The van der Waals surface area contributed by atoms with E-state index in [9.17, 15) is 4.79 Å². The van der Waals surface area contributed by atoms with Crippen molar-refractivity contribution in [1.82, 2.24) is 0 Å². The topological polar surface area (TPSA) is 38.0 Å². The zero-order chi connectivity index (χ0) is 17.8. The summed E-state index contributed by atoms with van der Waals surface area (Å²) in [6.07, 6.45) is 0. The molecule has 25 heavy (non-hydrogen) atoms. The summed E-state index contributed by atoms with van der Waals surface area (Å²) in [5.41, 5.74) is 3.26. The van der Waals surface area contributed by atoms with E-state index in [1.54, 1.807) is 16.2 Å². The summed E-state index contributed by atoms with van der Waals surface area (Å²) in [6, 6.07) is 10.2. The molecule has 4 nitrogen and oxygen atoms in total. The number of hydrogen-bond donors (Lipinski definition) is 3. The van der Waals surface area contributed by atoms with Gasteiger partial charge in [-0.05, 0) is 37.6 Å². The zero-order valence-electron chi connectivity index (χ0n) is 14.8. The minimum atomic E-state index is 0.107. The molecule has 1 aromatic carbocycles. The lowest BCUT2D eigenvalue weighted by molar-refractivity contribution is -1.01. The minimum Gasteiger partial charge on any atom is -0.321 e. The Morgan fingerprint density at radius 3 is 2.48 bits per heavy atom. The average Bonchev–Trinajstić information content (AvgIpc) is 2.97. The molecule has 0 unspecified atom stereocenters. The van der Waals surface area contributed by atoms with Crippen LogP contribution in [-0.4, -0.2) is 38.6 Å². The Morgan fingerprint density at radius 1 is 1.12 bits per heavy atom. The van der Waals surface area contributed by atoms with Crippen LogP contribution in [0.15, 0.2) is 30.3 Å². The van der Waals surface area contributed by atoms with Gasteiger partial charge < -0.3 is 15.1 Å². The van der Waals surface area contributed by atoms with E-state index in [1.165, 1.54) is 15.3 Å². The van der Waals surface area contributed by atoms with E-state index < -0.39 is 0 Å². The van der Waals surface area contributed by atoms with E-state index in [1.807, 2.05) is 25.1 Å². The SMILES string of the molecule is Cc1ccc(NC(=O)C[NH+]2CC[NH+](Cc3ccc(Cl)s3)CC2)c(C)c1. The maximum absolute atomic E-state index is 12.3. The number of nitrogens with one attached hydrogen (secondary N) is 3. The van der Waals surface area contributed by atoms with E-state index in [-0.39, 0.29) is 5.91 Å². The van der Waals surface area contributed by atoms with Gasteiger partial charge in [-0.1, -0.05) is 29.3 Å². The number of benzene rings is 1. The zero-order valence-corrected chi connectivity index (χ0v) is 16.4. The molecule has 0 aliphatic carbocycles. The van der Waals surface area contributed by atoms with Crippen molar-refractivity contribution in [3.05, 3.63) is 50.7 Å². The first-order valence-corrected chi connectivity index (χ1v) is 9.97. The number of aryl methyl sites for hydroxylation is 2. The summed E-state index contributed by atoms with van der Waals surface area (Å²) >= 11 is 7.68. The molecule has 0 saturated carbocycles. The molecule has 0 bridgehead atoms. The second-order valence-corrected chi connectivity index (χ2v) is 8.73. The number of anilines is 1. The fourth-order valence-corrected chi connectivity index (χ4v) is 4.54. The summed E-state index contributed by atoms with van der Waals surface area (Å²) in [5, 5.41) is 3.06. The first kappa shape index (κ1) is 18.4. The first-order valence-electron chi connectivity index (χ1n) is 8.78. The Kier molecular flexibility index (Phi) is 6.12. The van der Waals surface area contributed by atoms with Crippen LogP contribution in [0.2, 0.25) is 4.34 Å². The van der Waals surface area contributed by atoms with Gasteiger partial charge in [0, 0.05) is 5.69 Å². The Bertz CT molecular complexity index is 738.